The highest BCUT2D eigenvalue weighted by Crippen LogP contribution is 2.21. The van der Waals surface area contributed by atoms with E-state index in [1.807, 2.05) is 12.3 Å². The SMILES string of the molecule is CCNCc1cccnc1N(C)C1CCOC1. The van der Waals surface area contributed by atoms with Gasteiger partial charge in [0, 0.05) is 32.0 Å². The third kappa shape index (κ3) is 2.96. The lowest BCUT2D eigenvalue weighted by Crippen LogP contribution is -2.33. The minimum Gasteiger partial charge on any atom is -0.379 e. The molecule has 1 aromatic rings. The predicted octanol–water partition coefficient (Wildman–Crippen LogP) is 1.42. The van der Waals surface area contributed by atoms with Crippen molar-refractivity contribution in [2.24, 2.45) is 0 Å². The number of hydrogen-bond acceptors (Lipinski definition) is 4. The van der Waals surface area contributed by atoms with Crippen molar-refractivity contribution in [3.63, 3.8) is 0 Å². The molecule has 4 nitrogen and oxygen atoms in total. The van der Waals surface area contributed by atoms with Gasteiger partial charge in [0.1, 0.15) is 5.82 Å². The monoisotopic (exact) mass is 235 g/mol. The van der Waals surface area contributed by atoms with Gasteiger partial charge in [0.25, 0.3) is 0 Å². The van der Waals surface area contributed by atoms with E-state index >= 15 is 0 Å². The minimum absolute atomic E-state index is 0.463. The minimum atomic E-state index is 0.463. The summed E-state index contributed by atoms with van der Waals surface area (Å²) in [5.74, 6) is 1.07. The molecule has 1 aliphatic rings. The zero-order valence-electron chi connectivity index (χ0n) is 10.6. The standard InChI is InChI=1S/C13H21N3O/c1-3-14-9-11-5-4-7-15-13(11)16(2)12-6-8-17-10-12/h4-5,7,12,14H,3,6,8-10H2,1-2H3. The summed E-state index contributed by atoms with van der Waals surface area (Å²) in [6.45, 7) is 5.64. The van der Waals surface area contributed by atoms with Crippen molar-refractivity contribution < 1.29 is 4.74 Å². The number of rotatable bonds is 5. The smallest absolute Gasteiger partial charge is 0.133 e. The summed E-state index contributed by atoms with van der Waals surface area (Å²) >= 11 is 0. The number of nitrogens with one attached hydrogen (secondary N) is 1. The predicted molar refractivity (Wildman–Crippen MR) is 69.2 cm³/mol. The number of ether oxygens (including phenoxy) is 1. The van der Waals surface area contributed by atoms with Crippen molar-refractivity contribution in [1.82, 2.24) is 10.3 Å². The molecule has 17 heavy (non-hydrogen) atoms. The number of anilines is 1. The van der Waals surface area contributed by atoms with E-state index < -0.39 is 0 Å². The van der Waals surface area contributed by atoms with Crippen LogP contribution in [-0.2, 0) is 11.3 Å². The highest BCUT2D eigenvalue weighted by atomic mass is 16.5. The maximum atomic E-state index is 5.44. The first-order chi connectivity index (χ1) is 8.33. The fourth-order valence-corrected chi connectivity index (χ4v) is 2.15. The second-order valence-corrected chi connectivity index (χ2v) is 4.39. The fourth-order valence-electron chi connectivity index (χ4n) is 2.15. The molecule has 1 fully saturated rings. The van der Waals surface area contributed by atoms with Gasteiger partial charge in [-0.15, -0.1) is 0 Å². The molecule has 1 unspecified atom stereocenters. The molecule has 0 amide bonds. The molecule has 2 rings (SSSR count). The van der Waals surface area contributed by atoms with Crippen molar-refractivity contribution in [3.05, 3.63) is 23.9 Å². The van der Waals surface area contributed by atoms with Gasteiger partial charge in [-0.25, -0.2) is 4.98 Å². The van der Waals surface area contributed by atoms with E-state index in [0.29, 0.717) is 6.04 Å². The van der Waals surface area contributed by atoms with E-state index in [0.717, 1.165) is 38.5 Å². The van der Waals surface area contributed by atoms with Crippen LogP contribution in [0.3, 0.4) is 0 Å². The average Bonchev–Trinajstić information content (AvgIpc) is 2.89. The molecular formula is C13H21N3O. The second-order valence-electron chi connectivity index (χ2n) is 4.39. The summed E-state index contributed by atoms with van der Waals surface area (Å²) in [4.78, 5) is 6.76. The maximum Gasteiger partial charge on any atom is 0.133 e. The highest BCUT2D eigenvalue weighted by molar-refractivity contribution is 5.47. The molecule has 0 radical (unpaired) electrons. The molecule has 2 heterocycles. The van der Waals surface area contributed by atoms with Crippen LogP contribution in [0.4, 0.5) is 5.82 Å². The van der Waals surface area contributed by atoms with E-state index in [-0.39, 0.29) is 0 Å². The quantitative estimate of drug-likeness (QED) is 0.837. The zero-order chi connectivity index (χ0) is 12.1. The Morgan fingerprint density at radius 3 is 3.18 bits per heavy atom. The molecule has 1 atom stereocenters. The lowest BCUT2D eigenvalue weighted by atomic mass is 10.2. The Balaban J connectivity index is 2.12. The Morgan fingerprint density at radius 2 is 2.47 bits per heavy atom. The van der Waals surface area contributed by atoms with Crippen LogP contribution < -0.4 is 10.2 Å². The van der Waals surface area contributed by atoms with Crippen LogP contribution in [-0.4, -0.2) is 37.8 Å². The van der Waals surface area contributed by atoms with Crippen molar-refractivity contribution in [1.29, 1.82) is 0 Å². The Bertz CT molecular complexity index is 350. The molecule has 0 aromatic carbocycles. The summed E-state index contributed by atoms with van der Waals surface area (Å²) in [6, 6.07) is 4.59. The third-order valence-electron chi connectivity index (χ3n) is 3.22. The molecule has 1 N–H and O–H groups in total. The van der Waals surface area contributed by atoms with E-state index in [9.17, 15) is 0 Å². The van der Waals surface area contributed by atoms with Crippen molar-refractivity contribution >= 4 is 5.82 Å². The Hall–Kier alpha value is -1.13. The van der Waals surface area contributed by atoms with Gasteiger partial charge < -0.3 is 15.0 Å². The van der Waals surface area contributed by atoms with Crippen LogP contribution in [0.2, 0.25) is 0 Å². The molecule has 0 spiro atoms. The van der Waals surface area contributed by atoms with E-state index in [4.69, 9.17) is 4.74 Å². The van der Waals surface area contributed by atoms with Crippen LogP contribution in [0, 0.1) is 0 Å². The molecule has 94 valence electrons. The summed E-state index contributed by atoms with van der Waals surface area (Å²) in [5, 5.41) is 3.35. The van der Waals surface area contributed by atoms with Gasteiger partial charge >= 0.3 is 0 Å². The summed E-state index contributed by atoms with van der Waals surface area (Å²) in [7, 11) is 2.11. The van der Waals surface area contributed by atoms with Gasteiger partial charge in [0.05, 0.1) is 12.6 Å². The van der Waals surface area contributed by atoms with Gasteiger partial charge in [-0.2, -0.15) is 0 Å². The molecule has 0 saturated carbocycles. The molecule has 1 aromatic heterocycles. The van der Waals surface area contributed by atoms with E-state index in [1.165, 1.54) is 5.56 Å². The van der Waals surface area contributed by atoms with E-state index in [1.54, 1.807) is 0 Å². The van der Waals surface area contributed by atoms with Crippen molar-refractivity contribution in [3.8, 4) is 0 Å². The normalized spacial score (nSPS) is 19.5. The first-order valence-corrected chi connectivity index (χ1v) is 6.28. The molecular weight excluding hydrogens is 214 g/mol. The van der Waals surface area contributed by atoms with Gasteiger partial charge in [-0.05, 0) is 19.0 Å². The molecule has 1 saturated heterocycles. The van der Waals surface area contributed by atoms with Gasteiger partial charge in [-0.1, -0.05) is 13.0 Å². The number of nitrogens with zero attached hydrogens (tertiary/aromatic N) is 2. The van der Waals surface area contributed by atoms with Gasteiger partial charge in [0.15, 0.2) is 0 Å². The Labute approximate surface area is 103 Å². The fraction of sp³-hybridized carbons (Fsp3) is 0.615. The molecule has 0 aliphatic carbocycles. The number of aromatic nitrogens is 1. The highest BCUT2D eigenvalue weighted by Gasteiger charge is 2.22. The lowest BCUT2D eigenvalue weighted by molar-refractivity contribution is 0.193. The molecule has 4 heteroatoms. The summed E-state index contributed by atoms with van der Waals surface area (Å²) < 4.78 is 5.44. The first-order valence-electron chi connectivity index (χ1n) is 6.28. The Morgan fingerprint density at radius 1 is 1.59 bits per heavy atom. The maximum absolute atomic E-state index is 5.44. The first kappa shape index (κ1) is 12.3. The van der Waals surface area contributed by atoms with Crippen LogP contribution in [0.5, 0.6) is 0 Å². The summed E-state index contributed by atoms with van der Waals surface area (Å²) in [5.41, 5.74) is 1.25. The van der Waals surface area contributed by atoms with Gasteiger partial charge in [0.2, 0.25) is 0 Å². The number of likely N-dealkylation sites (N-methyl/N-ethyl adjacent to an activating group) is 1. The number of hydrogen-bond donors (Lipinski definition) is 1. The van der Waals surface area contributed by atoms with Crippen LogP contribution >= 0.6 is 0 Å². The second kappa shape index (κ2) is 5.98. The van der Waals surface area contributed by atoms with Gasteiger partial charge in [-0.3, -0.25) is 0 Å². The molecule has 0 bridgehead atoms. The number of pyridine rings is 1. The van der Waals surface area contributed by atoms with Crippen LogP contribution in [0.1, 0.15) is 18.9 Å². The Kier molecular flexibility index (Phi) is 4.34. The third-order valence-corrected chi connectivity index (χ3v) is 3.22. The lowest BCUT2D eigenvalue weighted by Gasteiger charge is -2.26. The topological polar surface area (TPSA) is 37.4 Å². The molecule has 1 aliphatic heterocycles. The van der Waals surface area contributed by atoms with Crippen molar-refractivity contribution in [2.45, 2.75) is 25.9 Å². The largest absolute Gasteiger partial charge is 0.379 e. The van der Waals surface area contributed by atoms with Crippen LogP contribution in [0.25, 0.3) is 0 Å². The zero-order valence-corrected chi connectivity index (χ0v) is 10.6. The van der Waals surface area contributed by atoms with Crippen LogP contribution in [0.15, 0.2) is 18.3 Å². The van der Waals surface area contributed by atoms with Crippen molar-refractivity contribution in [2.75, 3.05) is 31.7 Å². The summed E-state index contributed by atoms with van der Waals surface area (Å²) in [6.07, 6.45) is 2.95. The van der Waals surface area contributed by atoms with E-state index in [2.05, 4.69) is 35.2 Å². The average molecular weight is 235 g/mol.